The quantitative estimate of drug-likeness (QED) is 0.698. The van der Waals surface area contributed by atoms with Crippen molar-refractivity contribution < 1.29 is 9.90 Å². The van der Waals surface area contributed by atoms with Crippen molar-refractivity contribution in [1.29, 1.82) is 0 Å². The Morgan fingerprint density at radius 2 is 2.28 bits per heavy atom. The molecule has 1 aliphatic carbocycles. The number of nitrogens with one attached hydrogen (secondary N) is 2. The van der Waals surface area contributed by atoms with E-state index < -0.39 is 0 Å². The van der Waals surface area contributed by atoms with Crippen LogP contribution in [0.5, 0.6) is 0 Å². The Morgan fingerprint density at radius 3 is 2.83 bits per heavy atom. The van der Waals surface area contributed by atoms with Crippen LogP contribution < -0.4 is 10.6 Å². The smallest absolute Gasteiger partial charge is 0.228 e. The van der Waals surface area contributed by atoms with Gasteiger partial charge in [0, 0.05) is 25.1 Å². The van der Waals surface area contributed by atoms with E-state index in [0.29, 0.717) is 5.92 Å². The molecule has 0 aromatic carbocycles. The summed E-state index contributed by atoms with van der Waals surface area (Å²) in [4.78, 5) is 12.6. The molecule has 2 fully saturated rings. The van der Waals surface area contributed by atoms with Crippen molar-refractivity contribution in [2.24, 2.45) is 17.3 Å². The molecule has 3 unspecified atom stereocenters. The summed E-state index contributed by atoms with van der Waals surface area (Å²) in [6.45, 7) is 6.17. The van der Waals surface area contributed by atoms with Gasteiger partial charge in [-0.15, -0.1) is 0 Å². The summed E-state index contributed by atoms with van der Waals surface area (Å²) in [5.41, 5.74) is -0.247. The molecule has 0 bridgehead atoms. The molecule has 3 atom stereocenters. The summed E-state index contributed by atoms with van der Waals surface area (Å²) in [5, 5.41) is 15.8. The molecule has 0 spiro atoms. The van der Waals surface area contributed by atoms with Crippen LogP contribution in [-0.4, -0.2) is 36.8 Å². The standard InChI is InChI=1S/C14H26N2O2/c1-10(2)14(6-7-15-9-14)13(18)16-12-5-3-4-11(12)8-17/h10-12,15,17H,3-9H2,1-2H3,(H,16,18). The number of rotatable bonds is 4. The highest BCUT2D eigenvalue weighted by Crippen LogP contribution is 2.35. The molecule has 1 saturated heterocycles. The molecule has 104 valence electrons. The van der Waals surface area contributed by atoms with E-state index in [1.165, 1.54) is 0 Å². The minimum absolute atomic E-state index is 0.179. The highest BCUT2D eigenvalue weighted by atomic mass is 16.3. The van der Waals surface area contributed by atoms with Gasteiger partial charge in [-0.2, -0.15) is 0 Å². The first kappa shape index (κ1) is 13.8. The van der Waals surface area contributed by atoms with Crippen molar-refractivity contribution in [1.82, 2.24) is 10.6 Å². The number of aliphatic hydroxyl groups excluding tert-OH is 1. The molecule has 3 N–H and O–H groups in total. The van der Waals surface area contributed by atoms with E-state index in [2.05, 4.69) is 24.5 Å². The summed E-state index contributed by atoms with van der Waals surface area (Å²) in [6.07, 6.45) is 4.09. The van der Waals surface area contributed by atoms with Crippen LogP contribution in [0.3, 0.4) is 0 Å². The van der Waals surface area contributed by atoms with Gasteiger partial charge in [-0.1, -0.05) is 20.3 Å². The van der Waals surface area contributed by atoms with Crippen LogP contribution in [0.25, 0.3) is 0 Å². The fourth-order valence-electron chi connectivity index (χ4n) is 3.42. The largest absolute Gasteiger partial charge is 0.396 e. The summed E-state index contributed by atoms with van der Waals surface area (Å²) >= 11 is 0. The fraction of sp³-hybridized carbons (Fsp3) is 0.929. The lowest BCUT2D eigenvalue weighted by Crippen LogP contribution is -2.50. The third-order valence-electron chi connectivity index (χ3n) is 4.96. The molecule has 1 saturated carbocycles. The lowest BCUT2D eigenvalue weighted by molar-refractivity contribution is -0.133. The maximum Gasteiger partial charge on any atom is 0.228 e. The molecule has 1 amide bonds. The van der Waals surface area contributed by atoms with Crippen LogP contribution in [0, 0.1) is 17.3 Å². The Morgan fingerprint density at radius 1 is 1.50 bits per heavy atom. The van der Waals surface area contributed by atoms with E-state index in [1.807, 2.05) is 0 Å². The van der Waals surface area contributed by atoms with Crippen LogP contribution in [0.15, 0.2) is 0 Å². The molecule has 2 aliphatic rings. The topological polar surface area (TPSA) is 61.4 Å². The average Bonchev–Trinajstić information content (AvgIpc) is 2.97. The van der Waals surface area contributed by atoms with Gasteiger partial charge in [-0.3, -0.25) is 4.79 Å². The molecule has 1 aliphatic heterocycles. The Hall–Kier alpha value is -0.610. The number of aliphatic hydroxyl groups is 1. The summed E-state index contributed by atoms with van der Waals surface area (Å²) in [5.74, 6) is 0.793. The normalized spacial score (nSPS) is 36.2. The summed E-state index contributed by atoms with van der Waals surface area (Å²) in [6, 6.07) is 0.179. The molecule has 4 nitrogen and oxygen atoms in total. The van der Waals surface area contributed by atoms with E-state index in [0.717, 1.165) is 38.8 Å². The molecule has 4 heteroatoms. The Labute approximate surface area is 110 Å². The van der Waals surface area contributed by atoms with Crippen LogP contribution in [0.4, 0.5) is 0 Å². The van der Waals surface area contributed by atoms with E-state index in [4.69, 9.17) is 0 Å². The zero-order valence-electron chi connectivity index (χ0n) is 11.5. The minimum atomic E-state index is -0.247. The van der Waals surface area contributed by atoms with Gasteiger partial charge in [0.25, 0.3) is 0 Å². The van der Waals surface area contributed by atoms with Gasteiger partial charge in [-0.05, 0) is 31.7 Å². The first-order chi connectivity index (χ1) is 8.60. The van der Waals surface area contributed by atoms with Gasteiger partial charge in [-0.25, -0.2) is 0 Å². The molecule has 0 aromatic heterocycles. The average molecular weight is 254 g/mol. The Balaban J connectivity index is 2.01. The predicted molar refractivity (Wildman–Crippen MR) is 71.1 cm³/mol. The first-order valence-electron chi connectivity index (χ1n) is 7.22. The van der Waals surface area contributed by atoms with Crippen molar-refractivity contribution in [3.8, 4) is 0 Å². The van der Waals surface area contributed by atoms with Crippen molar-refractivity contribution in [3.05, 3.63) is 0 Å². The molecule has 1 heterocycles. The first-order valence-corrected chi connectivity index (χ1v) is 7.22. The maximum absolute atomic E-state index is 12.6. The molecule has 0 radical (unpaired) electrons. The Kier molecular flexibility index (Phi) is 4.28. The summed E-state index contributed by atoms with van der Waals surface area (Å²) < 4.78 is 0. The molecular weight excluding hydrogens is 228 g/mol. The third-order valence-corrected chi connectivity index (χ3v) is 4.96. The van der Waals surface area contributed by atoms with Crippen LogP contribution >= 0.6 is 0 Å². The Bertz CT molecular complexity index is 298. The van der Waals surface area contributed by atoms with Gasteiger partial charge in [0.15, 0.2) is 0 Å². The lowest BCUT2D eigenvalue weighted by Gasteiger charge is -2.33. The SMILES string of the molecule is CC(C)C1(C(=O)NC2CCCC2CO)CCNC1. The molecule has 2 rings (SSSR count). The van der Waals surface area contributed by atoms with Gasteiger partial charge in [0.2, 0.25) is 5.91 Å². The molecular formula is C14H26N2O2. The number of amides is 1. The highest BCUT2D eigenvalue weighted by molar-refractivity contribution is 5.84. The summed E-state index contributed by atoms with van der Waals surface area (Å²) in [7, 11) is 0. The van der Waals surface area contributed by atoms with Crippen molar-refractivity contribution in [3.63, 3.8) is 0 Å². The van der Waals surface area contributed by atoms with Crippen LogP contribution in [0.1, 0.15) is 39.5 Å². The zero-order chi connectivity index (χ0) is 13.2. The zero-order valence-corrected chi connectivity index (χ0v) is 11.5. The highest BCUT2D eigenvalue weighted by Gasteiger charge is 2.45. The maximum atomic E-state index is 12.6. The predicted octanol–water partition coefficient (Wildman–Crippen LogP) is 0.899. The van der Waals surface area contributed by atoms with Gasteiger partial charge in [0.05, 0.1) is 5.41 Å². The third kappa shape index (κ3) is 2.41. The number of carbonyl (C=O) groups is 1. The molecule has 0 aromatic rings. The monoisotopic (exact) mass is 254 g/mol. The van der Waals surface area contributed by atoms with Crippen molar-refractivity contribution in [2.45, 2.75) is 45.6 Å². The van der Waals surface area contributed by atoms with E-state index in [1.54, 1.807) is 0 Å². The lowest BCUT2D eigenvalue weighted by atomic mass is 9.75. The minimum Gasteiger partial charge on any atom is -0.396 e. The second-order valence-electron chi connectivity index (χ2n) is 6.19. The van der Waals surface area contributed by atoms with E-state index in [-0.39, 0.29) is 29.9 Å². The van der Waals surface area contributed by atoms with Crippen molar-refractivity contribution >= 4 is 5.91 Å². The molecule has 18 heavy (non-hydrogen) atoms. The number of carbonyl (C=O) groups excluding carboxylic acids is 1. The second kappa shape index (κ2) is 5.57. The number of hydrogen-bond acceptors (Lipinski definition) is 3. The van der Waals surface area contributed by atoms with Gasteiger partial charge < -0.3 is 15.7 Å². The van der Waals surface area contributed by atoms with Crippen LogP contribution in [0.2, 0.25) is 0 Å². The fourth-order valence-corrected chi connectivity index (χ4v) is 3.42. The number of hydrogen-bond donors (Lipinski definition) is 3. The van der Waals surface area contributed by atoms with Gasteiger partial charge in [0.1, 0.15) is 0 Å². The van der Waals surface area contributed by atoms with E-state index in [9.17, 15) is 9.90 Å². The van der Waals surface area contributed by atoms with Gasteiger partial charge >= 0.3 is 0 Å². The second-order valence-corrected chi connectivity index (χ2v) is 6.19. The van der Waals surface area contributed by atoms with Crippen molar-refractivity contribution in [2.75, 3.05) is 19.7 Å². The van der Waals surface area contributed by atoms with Crippen LogP contribution in [-0.2, 0) is 4.79 Å². The van der Waals surface area contributed by atoms with E-state index >= 15 is 0 Å².